The SMILES string of the molecule is O=c1[nH]nnc2cccc(Cc3ccccc3)c12. The molecule has 0 atom stereocenters. The predicted molar refractivity (Wildman–Crippen MR) is 69.4 cm³/mol. The highest BCUT2D eigenvalue weighted by molar-refractivity contribution is 5.80. The van der Waals surface area contributed by atoms with Crippen molar-refractivity contribution in [1.29, 1.82) is 0 Å². The number of hydrogen-bond donors (Lipinski definition) is 1. The Bertz CT molecular complexity index is 729. The highest BCUT2D eigenvalue weighted by atomic mass is 16.1. The molecule has 88 valence electrons. The van der Waals surface area contributed by atoms with E-state index in [1.165, 1.54) is 5.56 Å². The maximum atomic E-state index is 11.8. The van der Waals surface area contributed by atoms with Crippen molar-refractivity contribution in [1.82, 2.24) is 15.4 Å². The lowest BCUT2D eigenvalue weighted by Gasteiger charge is -2.04. The van der Waals surface area contributed by atoms with Gasteiger partial charge in [0.15, 0.2) is 0 Å². The fraction of sp³-hybridized carbons (Fsp3) is 0.0714. The third-order valence-electron chi connectivity index (χ3n) is 2.90. The predicted octanol–water partition coefficient (Wildman–Crippen LogP) is 1.91. The minimum atomic E-state index is -0.188. The van der Waals surface area contributed by atoms with Gasteiger partial charge in [0.05, 0.1) is 5.39 Å². The molecule has 0 saturated heterocycles. The van der Waals surface area contributed by atoms with E-state index in [4.69, 9.17) is 0 Å². The molecule has 0 amide bonds. The van der Waals surface area contributed by atoms with E-state index in [1.807, 2.05) is 42.5 Å². The number of hydrogen-bond acceptors (Lipinski definition) is 3. The van der Waals surface area contributed by atoms with Gasteiger partial charge in [-0.05, 0) is 23.6 Å². The van der Waals surface area contributed by atoms with E-state index in [0.29, 0.717) is 17.3 Å². The first-order valence-electron chi connectivity index (χ1n) is 5.71. The zero-order chi connectivity index (χ0) is 12.4. The Morgan fingerprint density at radius 3 is 2.67 bits per heavy atom. The summed E-state index contributed by atoms with van der Waals surface area (Å²) in [6.07, 6.45) is 0.715. The van der Waals surface area contributed by atoms with E-state index in [2.05, 4.69) is 15.4 Å². The molecule has 4 heteroatoms. The number of nitrogens with one attached hydrogen (secondary N) is 1. The van der Waals surface area contributed by atoms with Gasteiger partial charge in [-0.2, -0.15) is 0 Å². The number of H-pyrrole nitrogens is 1. The van der Waals surface area contributed by atoms with Crippen molar-refractivity contribution in [2.45, 2.75) is 6.42 Å². The van der Waals surface area contributed by atoms with Crippen LogP contribution in [0.2, 0.25) is 0 Å². The van der Waals surface area contributed by atoms with E-state index >= 15 is 0 Å². The molecule has 0 aliphatic carbocycles. The van der Waals surface area contributed by atoms with E-state index in [0.717, 1.165) is 5.56 Å². The summed E-state index contributed by atoms with van der Waals surface area (Å²) >= 11 is 0. The van der Waals surface area contributed by atoms with E-state index in [-0.39, 0.29) is 5.56 Å². The maximum Gasteiger partial charge on any atom is 0.275 e. The Morgan fingerprint density at radius 2 is 1.83 bits per heavy atom. The Morgan fingerprint density at radius 1 is 1.00 bits per heavy atom. The van der Waals surface area contributed by atoms with E-state index < -0.39 is 0 Å². The second kappa shape index (κ2) is 4.41. The topological polar surface area (TPSA) is 58.6 Å². The molecule has 0 bridgehead atoms. The fourth-order valence-corrected chi connectivity index (χ4v) is 2.08. The average Bonchev–Trinajstić information content (AvgIpc) is 2.40. The van der Waals surface area contributed by atoms with Gasteiger partial charge in [-0.3, -0.25) is 4.79 Å². The molecule has 0 aliphatic heterocycles. The van der Waals surface area contributed by atoms with Crippen LogP contribution in [-0.2, 0) is 6.42 Å². The fourth-order valence-electron chi connectivity index (χ4n) is 2.08. The normalized spacial score (nSPS) is 10.7. The summed E-state index contributed by atoms with van der Waals surface area (Å²) in [5.41, 5.74) is 2.58. The molecular formula is C14H11N3O. The first-order valence-corrected chi connectivity index (χ1v) is 5.71. The lowest BCUT2D eigenvalue weighted by molar-refractivity contribution is 0.870. The molecule has 1 aromatic heterocycles. The Labute approximate surface area is 103 Å². The maximum absolute atomic E-state index is 11.8. The molecule has 1 N–H and O–H groups in total. The van der Waals surface area contributed by atoms with Crippen molar-refractivity contribution in [3.05, 3.63) is 70.0 Å². The smallest absolute Gasteiger partial charge is 0.267 e. The standard InChI is InChI=1S/C14H11N3O/c18-14-13-11(9-10-5-2-1-3-6-10)7-4-8-12(13)15-17-16-14/h1-8H,9H2,(H,15,16,18). The molecule has 18 heavy (non-hydrogen) atoms. The summed E-state index contributed by atoms with van der Waals surface area (Å²) < 4.78 is 0. The van der Waals surface area contributed by atoms with E-state index in [1.54, 1.807) is 6.07 Å². The molecule has 3 aromatic rings. The zero-order valence-electron chi connectivity index (χ0n) is 9.63. The zero-order valence-corrected chi connectivity index (χ0v) is 9.63. The van der Waals surface area contributed by atoms with Gasteiger partial charge in [-0.1, -0.05) is 47.7 Å². The van der Waals surface area contributed by atoms with Crippen molar-refractivity contribution >= 4 is 10.9 Å². The van der Waals surface area contributed by atoms with Gasteiger partial charge in [-0.15, -0.1) is 5.10 Å². The van der Waals surface area contributed by atoms with Gasteiger partial charge in [0.25, 0.3) is 5.56 Å². The van der Waals surface area contributed by atoms with E-state index in [9.17, 15) is 4.79 Å². The second-order valence-electron chi connectivity index (χ2n) is 4.11. The summed E-state index contributed by atoms with van der Waals surface area (Å²) in [5.74, 6) is 0. The number of benzene rings is 2. The number of aromatic nitrogens is 3. The quantitative estimate of drug-likeness (QED) is 0.740. The number of nitrogens with zero attached hydrogens (tertiary/aromatic N) is 2. The van der Waals surface area contributed by atoms with Gasteiger partial charge in [0.1, 0.15) is 5.52 Å². The minimum Gasteiger partial charge on any atom is -0.267 e. The van der Waals surface area contributed by atoms with Crippen molar-refractivity contribution in [3.63, 3.8) is 0 Å². The summed E-state index contributed by atoms with van der Waals surface area (Å²) in [4.78, 5) is 11.8. The molecule has 1 heterocycles. The van der Waals surface area contributed by atoms with Gasteiger partial charge in [0.2, 0.25) is 0 Å². The molecule has 0 aliphatic rings. The first kappa shape index (κ1) is 10.7. The van der Waals surface area contributed by atoms with Crippen LogP contribution in [0.4, 0.5) is 0 Å². The number of fused-ring (bicyclic) bond motifs is 1. The van der Waals surface area contributed by atoms with Crippen LogP contribution >= 0.6 is 0 Å². The van der Waals surface area contributed by atoms with Gasteiger partial charge in [0, 0.05) is 0 Å². The highest BCUT2D eigenvalue weighted by Crippen LogP contribution is 2.15. The molecule has 0 spiro atoms. The molecular weight excluding hydrogens is 226 g/mol. The number of rotatable bonds is 2. The van der Waals surface area contributed by atoms with Crippen LogP contribution in [0.15, 0.2) is 53.3 Å². The molecule has 0 fully saturated rings. The lowest BCUT2D eigenvalue weighted by Crippen LogP contribution is -2.12. The summed E-state index contributed by atoms with van der Waals surface area (Å²) in [7, 11) is 0. The van der Waals surface area contributed by atoms with Crippen molar-refractivity contribution in [2.24, 2.45) is 0 Å². The van der Waals surface area contributed by atoms with Crippen LogP contribution in [0.5, 0.6) is 0 Å². The van der Waals surface area contributed by atoms with Crippen molar-refractivity contribution < 1.29 is 0 Å². The van der Waals surface area contributed by atoms with Gasteiger partial charge in [-0.25, -0.2) is 5.10 Å². The first-order chi connectivity index (χ1) is 8.84. The Hall–Kier alpha value is -2.49. The van der Waals surface area contributed by atoms with Crippen LogP contribution in [-0.4, -0.2) is 15.4 Å². The third-order valence-corrected chi connectivity index (χ3v) is 2.90. The average molecular weight is 237 g/mol. The van der Waals surface area contributed by atoms with Crippen molar-refractivity contribution in [3.8, 4) is 0 Å². The Kier molecular flexibility index (Phi) is 2.61. The van der Waals surface area contributed by atoms with Gasteiger partial charge >= 0.3 is 0 Å². The summed E-state index contributed by atoms with van der Waals surface area (Å²) in [6, 6.07) is 15.7. The van der Waals surface area contributed by atoms with Gasteiger partial charge < -0.3 is 0 Å². The minimum absolute atomic E-state index is 0.188. The monoisotopic (exact) mass is 237 g/mol. The second-order valence-corrected chi connectivity index (χ2v) is 4.11. The highest BCUT2D eigenvalue weighted by Gasteiger charge is 2.06. The van der Waals surface area contributed by atoms with Crippen LogP contribution in [0.3, 0.4) is 0 Å². The summed E-state index contributed by atoms with van der Waals surface area (Å²) in [6.45, 7) is 0. The molecule has 0 unspecified atom stereocenters. The van der Waals surface area contributed by atoms with Crippen LogP contribution < -0.4 is 5.56 Å². The van der Waals surface area contributed by atoms with Crippen LogP contribution in [0.1, 0.15) is 11.1 Å². The lowest BCUT2D eigenvalue weighted by atomic mass is 10.0. The third kappa shape index (κ3) is 1.88. The van der Waals surface area contributed by atoms with Crippen molar-refractivity contribution in [2.75, 3.05) is 0 Å². The largest absolute Gasteiger partial charge is 0.275 e. The Balaban J connectivity index is 2.15. The van der Waals surface area contributed by atoms with Crippen LogP contribution in [0.25, 0.3) is 10.9 Å². The molecule has 0 radical (unpaired) electrons. The molecule has 0 saturated carbocycles. The number of aromatic amines is 1. The summed E-state index contributed by atoms with van der Waals surface area (Å²) in [5, 5.41) is 10.5. The molecule has 4 nitrogen and oxygen atoms in total. The molecule has 2 aromatic carbocycles. The van der Waals surface area contributed by atoms with Crippen LogP contribution in [0, 0.1) is 0 Å². The molecule has 3 rings (SSSR count).